The van der Waals surface area contributed by atoms with Gasteiger partial charge in [0.25, 0.3) is 0 Å². The molecule has 0 fully saturated rings. The number of rotatable bonds is 3. The van der Waals surface area contributed by atoms with E-state index in [2.05, 4.69) is 0 Å². The monoisotopic (exact) mass is 203 g/mol. The Morgan fingerprint density at radius 3 is 2.29 bits per heavy atom. The van der Waals surface area contributed by atoms with Gasteiger partial charge in [-0.2, -0.15) is 0 Å². The van der Waals surface area contributed by atoms with Gasteiger partial charge in [0, 0.05) is 6.07 Å². The van der Waals surface area contributed by atoms with Crippen molar-refractivity contribution in [2.75, 3.05) is 6.54 Å². The van der Waals surface area contributed by atoms with Crippen molar-refractivity contribution < 1.29 is 13.2 Å². The molecule has 0 aliphatic heterocycles. The standard InChI is InChI=1S/C10H12F3N/c1-6(5-14)2-7-3-9(12)10(13)4-8(7)11/h3-4,6H,2,5,14H2,1H3. The molecule has 1 nitrogen and oxygen atoms in total. The Labute approximate surface area is 80.7 Å². The van der Waals surface area contributed by atoms with Crippen molar-refractivity contribution in [1.29, 1.82) is 0 Å². The van der Waals surface area contributed by atoms with Gasteiger partial charge >= 0.3 is 0 Å². The minimum Gasteiger partial charge on any atom is -0.330 e. The normalized spacial score (nSPS) is 12.9. The highest BCUT2D eigenvalue weighted by Crippen LogP contribution is 2.16. The maximum absolute atomic E-state index is 13.1. The third-order valence-corrected chi connectivity index (χ3v) is 2.06. The van der Waals surface area contributed by atoms with Gasteiger partial charge in [-0.1, -0.05) is 6.92 Å². The van der Waals surface area contributed by atoms with E-state index in [-0.39, 0.29) is 11.5 Å². The zero-order valence-electron chi connectivity index (χ0n) is 7.86. The summed E-state index contributed by atoms with van der Waals surface area (Å²) in [5.74, 6) is -2.85. The van der Waals surface area contributed by atoms with Crippen LogP contribution in [0.3, 0.4) is 0 Å². The Hall–Kier alpha value is -1.03. The maximum Gasteiger partial charge on any atom is 0.161 e. The number of benzene rings is 1. The highest BCUT2D eigenvalue weighted by Gasteiger charge is 2.11. The van der Waals surface area contributed by atoms with Crippen LogP contribution in [0.4, 0.5) is 13.2 Å². The highest BCUT2D eigenvalue weighted by atomic mass is 19.2. The summed E-state index contributed by atoms with van der Waals surface area (Å²) in [5, 5.41) is 0. The van der Waals surface area contributed by atoms with Crippen LogP contribution in [0.2, 0.25) is 0 Å². The minimum absolute atomic E-state index is 0.0503. The summed E-state index contributed by atoms with van der Waals surface area (Å²) in [5.41, 5.74) is 5.52. The van der Waals surface area contributed by atoms with Gasteiger partial charge in [0.1, 0.15) is 5.82 Å². The molecule has 0 spiro atoms. The van der Waals surface area contributed by atoms with Crippen molar-refractivity contribution >= 4 is 0 Å². The molecule has 2 N–H and O–H groups in total. The molecule has 0 aliphatic rings. The van der Waals surface area contributed by atoms with Crippen LogP contribution >= 0.6 is 0 Å². The summed E-state index contributed by atoms with van der Waals surface area (Å²) in [6.45, 7) is 2.21. The van der Waals surface area contributed by atoms with Crippen LogP contribution < -0.4 is 5.73 Å². The second-order valence-electron chi connectivity index (χ2n) is 3.40. The number of hydrogen-bond donors (Lipinski definition) is 1. The smallest absolute Gasteiger partial charge is 0.161 e. The topological polar surface area (TPSA) is 26.0 Å². The fraction of sp³-hybridized carbons (Fsp3) is 0.400. The molecular formula is C10H12F3N. The first-order valence-corrected chi connectivity index (χ1v) is 4.38. The molecule has 4 heteroatoms. The fourth-order valence-corrected chi connectivity index (χ4v) is 1.18. The van der Waals surface area contributed by atoms with Crippen molar-refractivity contribution in [2.45, 2.75) is 13.3 Å². The van der Waals surface area contributed by atoms with Gasteiger partial charge in [-0.25, -0.2) is 13.2 Å². The molecule has 1 unspecified atom stereocenters. The van der Waals surface area contributed by atoms with E-state index in [9.17, 15) is 13.2 Å². The zero-order valence-corrected chi connectivity index (χ0v) is 7.86. The first kappa shape index (κ1) is 11.0. The van der Waals surface area contributed by atoms with Gasteiger partial charge in [0.2, 0.25) is 0 Å². The van der Waals surface area contributed by atoms with Crippen molar-refractivity contribution in [1.82, 2.24) is 0 Å². The van der Waals surface area contributed by atoms with Gasteiger partial charge in [-0.05, 0) is 30.5 Å². The van der Waals surface area contributed by atoms with E-state index >= 15 is 0 Å². The van der Waals surface area contributed by atoms with Gasteiger partial charge in [-0.15, -0.1) is 0 Å². The molecule has 14 heavy (non-hydrogen) atoms. The highest BCUT2D eigenvalue weighted by molar-refractivity contribution is 5.20. The molecule has 1 aromatic rings. The van der Waals surface area contributed by atoms with E-state index in [0.29, 0.717) is 19.0 Å². The average molecular weight is 203 g/mol. The second kappa shape index (κ2) is 4.46. The van der Waals surface area contributed by atoms with Crippen molar-refractivity contribution in [3.8, 4) is 0 Å². The molecule has 0 saturated carbocycles. The number of halogens is 3. The number of hydrogen-bond acceptors (Lipinski definition) is 1. The Morgan fingerprint density at radius 1 is 1.14 bits per heavy atom. The Morgan fingerprint density at radius 2 is 1.71 bits per heavy atom. The van der Waals surface area contributed by atoms with Gasteiger partial charge in [-0.3, -0.25) is 0 Å². The van der Waals surface area contributed by atoms with Crippen LogP contribution in [0.15, 0.2) is 12.1 Å². The summed E-state index contributed by atoms with van der Waals surface area (Å²) in [6, 6.07) is 1.45. The third-order valence-electron chi connectivity index (χ3n) is 2.06. The Kier molecular flexibility index (Phi) is 3.52. The molecule has 0 amide bonds. The predicted octanol–water partition coefficient (Wildman–Crippen LogP) is 2.24. The van der Waals surface area contributed by atoms with Gasteiger partial charge in [0.15, 0.2) is 11.6 Å². The lowest BCUT2D eigenvalue weighted by Crippen LogP contribution is -2.14. The summed E-state index contributed by atoms with van der Waals surface area (Å²) in [4.78, 5) is 0. The summed E-state index contributed by atoms with van der Waals surface area (Å²) >= 11 is 0. The van der Waals surface area contributed by atoms with Crippen molar-refractivity contribution in [3.63, 3.8) is 0 Å². The predicted molar refractivity (Wildman–Crippen MR) is 48.2 cm³/mol. The summed E-state index contributed by atoms with van der Waals surface area (Å²) in [7, 11) is 0. The van der Waals surface area contributed by atoms with Gasteiger partial charge < -0.3 is 5.73 Å². The maximum atomic E-state index is 13.1. The first-order valence-electron chi connectivity index (χ1n) is 4.38. The third kappa shape index (κ3) is 2.48. The zero-order chi connectivity index (χ0) is 10.7. The fourth-order valence-electron chi connectivity index (χ4n) is 1.18. The van der Waals surface area contributed by atoms with Crippen molar-refractivity contribution in [3.05, 3.63) is 35.1 Å². The van der Waals surface area contributed by atoms with E-state index in [1.165, 1.54) is 0 Å². The molecule has 0 saturated heterocycles. The van der Waals surface area contributed by atoms with Crippen molar-refractivity contribution in [2.24, 2.45) is 11.7 Å². The first-order chi connectivity index (χ1) is 6.54. The second-order valence-corrected chi connectivity index (χ2v) is 3.40. The molecule has 78 valence electrons. The Bertz CT molecular complexity index is 325. The molecule has 1 aromatic carbocycles. The molecule has 0 bridgehead atoms. The Balaban J connectivity index is 2.92. The molecular weight excluding hydrogens is 191 g/mol. The summed E-state index contributed by atoms with van der Waals surface area (Å²) < 4.78 is 38.4. The van der Waals surface area contributed by atoms with Crippen LogP contribution in [0.25, 0.3) is 0 Å². The summed E-state index contributed by atoms with van der Waals surface area (Å²) in [6.07, 6.45) is 0.319. The van der Waals surface area contributed by atoms with Crippen LogP contribution in [-0.2, 0) is 6.42 Å². The average Bonchev–Trinajstić information content (AvgIpc) is 2.14. The van der Waals surface area contributed by atoms with Crippen LogP contribution in [0.5, 0.6) is 0 Å². The van der Waals surface area contributed by atoms with E-state index < -0.39 is 17.5 Å². The molecule has 0 heterocycles. The molecule has 0 aromatic heterocycles. The van der Waals surface area contributed by atoms with E-state index in [1.54, 1.807) is 0 Å². The lowest BCUT2D eigenvalue weighted by Gasteiger charge is -2.09. The molecule has 0 radical (unpaired) electrons. The van der Waals surface area contributed by atoms with E-state index in [0.717, 1.165) is 6.07 Å². The molecule has 0 aliphatic carbocycles. The van der Waals surface area contributed by atoms with E-state index in [4.69, 9.17) is 5.73 Å². The lowest BCUT2D eigenvalue weighted by molar-refractivity contribution is 0.482. The molecule has 1 rings (SSSR count). The quantitative estimate of drug-likeness (QED) is 0.749. The van der Waals surface area contributed by atoms with Crippen LogP contribution in [0.1, 0.15) is 12.5 Å². The minimum atomic E-state index is -1.16. The van der Waals surface area contributed by atoms with Crippen LogP contribution in [0, 0.1) is 23.4 Å². The molecule has 1 atom stereocenters. The SMILES string of the molecule is CC(CN)Cc1cc(F)c(F)cc1F. The van der Waals surface area contributed by atoms with E-state index in [1.807, 2.05) is 6.92 Å². The lowest BCUT2D eigenvalue weighted by atomic mass is 10.0. The number of nitrogens with two attached hydrogens (primary N) is 1. The largest absolute Gasteiger partial charge is 0.330 e. The van der Waals surface area contributed by atoms with Gasteiger partial charge in [0.05, 0.1) is 0 Å². The van der Waals surface area contributed by atoms with Crippen LogP contribution in [-0.4, -0.2) is 6.54 Å².